The molecule has 1 rings (SSSR count). The van der Waals surface area contributed by atoms with Crippen LogP contribution < -0.4 is 14.9 Å². The highest BCUT2D eigenvalue weighted by molar-refractivity contribution is 6.32. The number of carbonyl (C=O) groups excluding carboxylic acids is 1. The molecule has 0 aliphatic rings. The Morgan fingerprint density at radius 2 is 2.15 bits per heavy atom. The summed E-state index contributed by atoms with van der Waals surface area (Å²) < 4.78 is 10.7. The Morgan fingerprint density at radius 3 is 2.70 bits per heavy atom. The molecule has 0 aliphatic heterocycles. The fourth-order valence-electron chi connectivity index (χ4n) is 1.57. The maximum absolute atomic E-state index is 11.5. The molecule has 1 N–H and O–H groups in total. The molecule has 0 aliphatic carbocycles. The summed E-state index contributed by atoms with van der Waals surface area (Å²) in [5.74, 6) is 0.818. The first-order chi connectivity index (χ1) is 9.47. The molecule has 0 spiro atoms. The van der Waals surface area contributed by atoms with Gasteiger partial charge in [0.1, 0.15) is 0 Å². The average Bonchev–Trinajstić information content (AvgIpc) is 2.36. The monoisotopic (exact) mass is 298 g/mol. The van der Waals surface area contributed by atoms with Gasteiger partial charge in [-0.15, -0.1) is 0 Å². The highest BCUT2D eigenvalue weighted by atomic mass is 35.5. The molecule has 1 aromatic rings. The molecule has 0 aromatic heterocycles. The van der Waals surface area contributed by atoms with E-state index in [9.17, 15) is 4.79 Å². The van der Waals surface area contributed by atoms with E-state index in [2.05, 4.69) is 5.43 Å². The summed E-state index contributed by atoms with van der Waals surface area (Å²) in [4.78, 5) is 11.5. The number of nitrogens with one attached hydrogen (secondary N) is 1. The molecule has 0 saturated carbocycles. The minimum atomic E-state index is -0.222. The number of halogens is 1. The van der Waals surface area contributed by atoms with Crippen LogP contribution in [-0.2, 0) is 4.79 Å². The molecule has 0 fully saturated rings. The van der Waals surface area contributed by atoms with Crippen molar-refractivity contribution in [2.75, 3.05) is 27.8 Å². The molecule has 20 heavy (non-hydrogen) atoms. The van der Waals surface area contributed by atoms with Crippen molar-refractivity contribution >= 4 is 23.6 Å². The summed E-state index contributed by atoms with van der Waals surface area (Å²) in [5.41, 5.74) is 3.37. The molecule has 0 heterocycles. The van der Waals surface area contributed by atoms with Gasteiger partial charge >= 0.3 is 0 Å². The summed E-state index contributed by atoms with van der Waals surface area (Å²) >= 11 is 6.12. The molecule has 1 amide bonds. The number of ether oxygens (including phenoxy) is 2. The largest absolute Gasteiger partial charge is 0.491 e. The molecule has 0 bridgehead atoms. The van der Waals surface area contributed by atoms with E-state index in [4.69, 9.17) is 21.1 Å². The third kappa shape index (κ3) is 4.75. The van der Waals surface area contributed by atoms with Gasteiger partial charge in [0.05, 0.1) is 18.7 Å². The number of amides is 1. The van der Waals surface area contributed by atoms with Crippen LogP contribution >= 0.6 is 11.6 Å². The Hall–Kier alpha value is -1.72. The van der Waals surface area contributed by atoms with Gasteiger partial charge < -0.3 is 9.47 Å². The third-order valence-corrected chi connectivity index (χ3v) is 2.58. The van der Waals surface area contributed by atoms with Crippen molar-refractivity contribution in [1.82, 2.24) is 10.4 Å². The average molecular weight is 299 g/mol. The van der Waals surface area contributed by atoms with E-state index < -0.39 is 0 Å². The molecule has 0 radical (unpaired) electrons. The van der Waals surface area contributed by atoms with Crippen molar-refractivity contribution in [3.63, 3.8) is 0 Å². The van der Waals surface area contributed by atoms with Gasteiger partial charge in [-0.25, -0.2) is 5.01 Å². The van der Waals surface area contributed by atoms with Gasteiger partial charge in [0.25, 0.3) is 5.91 Å². The number of carbonyl (C=O) groups is 1. The highest BCUT2D eigenvalue weighted by Crippen LogP contribution is 2.36. The van der Waals surface area contributed by atoms with Crippen molar-refractivity contribution in [3.05, 3.63) is 28.8 Å². The summed E-state index contributed by atoms with van der Waals surface area (Å²) in [5, 5.41) is 2.00. The lowest BCUT2D eigenvalue weighted by molar-refractivity contribution is -0.119. The Balaban J connectivity index is 2.96. The van der Waals surface area contributed by atoms with E-state index in [-0.39, 0.29) is 5.91 Å². The van der Waals surface area contributed by atoms with Crippen molar-refractivity contribution < 1.29 is 14.3 Å². The maximum atomic E-state index is 11.5. The molecule has 0 atom stereocenters. The summed E-state index contributed by atoms with van der Waals surface area (Å²) in [7, 11) is 5.01. The first-order valence-electron chi connectivity index (χ1n) is 6.14. The van der Waals surface area contributed by atoms with Crippen molar-refractivity contribution in [3.8, 4) is 11.5 Å². The van der Waals surface area contributed by atoms with Gasteiger partial charge in [-0.05, 0) is 30.7 Å². The van der Waals surface area contributed by atoms with Crippen LogP contribution in [0.4, 0.5) is 0 Å². The highest BCUT2D eigenvalue weighted by Gasteiger charge is 2.10. The number of hydrogen-bond acceptors (Lipinski definition) is 4. The molecular formula is C14H19ClN2O3. The van der Waals surface area contributed by atoms with Gasteiger partial charge in [0.15, 0.2) is 11.5 Å². The number of hydrogen-bond donors (Lipinski definition) is 1. The zero-order chi connectivity index (χ0) is 15.1. The summed E-state index contributed by atoms with van der Waals surface area (Å²) in [6.07, 6.45) is 3.08. The lowest BCUT2D eigenvalue weighted by Gasteiger charge is -2.12. The normalized spacial score (nSPS) is 10.9. The number of nitrogens with zero attached hydrogens (tertiary/aromatic N) is 1. The molecule has 5 nitrogen and oxygen atoms in total. The second kappa shape index (κ2) is 7.77. The molecule has 6 heteroatoms. The lowest BCUT2D eigenvalue weighted by Crippen LogP contribution is -2.34. The second-order valence-corrected chi connectivity index (χ2v) is 4.58. The van der Waals surface area contributed by atoms with Crippen molar-refractivity contribution in [2.45, 2.75) is 6.92 Å². The zero-order valence-electron chi connectivity index (χ0n) is 12.1. The Morgan fingerprint density at radius 1 is 1.45 bits per heavy atom. The fraction of sp³-hybridized carbons (Fsp3) is 0.357. The van der Waals surface area contributed by atoms with Crippen LogP contribution in [0.2, 0.25) is 5.02 Å². The molecule has 110 valence electrons. The quantitative estimate of drug-likeness (QED) is 0.647. The predicted octanol–water partition coefficient (Wildman–Crippen LogP) is 2.35. The number of rotatable bonds is 6. The fourth-order valence-corrected chi connectivity index (χ4v) is 1.87. The summed E-state index contributed by atoms with van der Waals surface area (Å²) in [6.45, 7) is 2.38. The molecule has 0 unspecified atom stereocenters. The predicted molar refractivity (Wildman–Crippen MR) is 80.0 cm³/mol. The Kier molecular flexibility index (Phi) is 6.35. The van der Waals surface area contributed by atoms with Crippen molar-refractivity contribution in [1.29, 1.82) is 0 Å². The molecule has 0 saturated heterocycles. The smallest absolute Gasteiger partial charge is 0.258 e. The minimum Gasteiger partial charge on any atom is -0.491 e. The van der Waals surface area contributed by atoms with Crippen LogP contribution in [0.5, 0.6) is 11.5 Å². The van der Waals surface area contributed by atoms with Gasteiger partial charge in [-0.3, -0.25) is 10.2 Å². The zero-order valence-corrected chi connectivity index (χ0v) is 12.8. The van der Waals surface area contributed by atoms with E-state index >= 15 is 0 Å². The van der Waals surface area contributed by atoms with Crippen LogP contribution in [0.25, 0.3) is 6.08 Å². The van der Waals surface area contributed by atoms with E-state index in [0.717, 1.165) is 5.56 Å². The van der Waals surface area contributed by atoms with Crippen LogP contribution in [0.3, 0.4) is 0 Å². The lowest BCUT2D eigenvalue weighted by atomic mass is 10.2. The first-order valence-corrected chi connectivity index (χ1v) is 6.52. The summed E-state index contributed by atoms with van der Waals surface area (Å²) in [6, 6.07) is 3.48. The first kappa shape index (κ1) is 16.3. The minimum absolute atomic E-state index is 0.222. The van der Waals surface area contributed by atoms with Gasteiger partial charge in [-0.2, -0.15) is 0 Å². The van der Waals surface area contributed by atoms with Crippen LogP contribution in [0, 0.1) is 0 Å². The maximum Gasteiger partial charge on any atom is 0.258 e. The van der Waals surface area contributed by atoms with Gasteiger partial charge in [0, 0.05) is 20.2 Å². The third-order valence-electron chi connectivity index (χ3n) is 2.30. The number of methoxy groups -OCH3 is 1. The Labute approximate surface area is 124 Å². The van der Waals surface area contributed by atoms with Crippen LogP contribution in [0.1, 0.15) is 12.5 Å². The van der Waals surface area contributed by atoms with E-state index in [1.165, 1.54) is 13.2 Å². The number of hydrazine groups is 1. The van der Waals surface area contributed by atoms with E-state index in [1.807, 2.05) is 6.92 Å². The van der Waals surface area contributed by atoms with Crippen LogP contribution in [-0.4, -0.2) is 38.7 Å². The van der Waals surface area contributed by atoms with Gasteiger partial charge in [0.2, 0.25) is 0 Å². The van der Waals surface area contributed by atoms with Gasteiger partial charge in [-0.1, -0.05) is 11.6 Å². The Bertz CT molecular complexity index is 501. The SMILES string of the molecule is CCOc1cc(/C=C/C(=O)NN(C)C)cc(Cl)c1OC. The second-order valence-electron chi connectivity index (χ2n) is 4.17. The molecule has 1 aromatic carbocycles. The number of benzene rings is 1. The van der Waals surface area contributed by atoms with Crippen LogP contribution in [0.15, 0.2) is 18.2 Å². The standard InChI is InChI=1S/C14H19ClN2O3/c1-5-20-12-9-10(8-11(15)14(12)19-4)6-7-13(18)16-17(2)3/h6-9H,5H2,1-4H3,(H,16,18)/b7-6+. The van der Waals surface area contributed by atoms with Crippen molar-refractivity contribution in [2.24, 2.45) is 0 Å². The van der Waals surface area contributed by atoms with E-state index in [1.54, 1.807) is 37.3 Å². The molecular weight excluding hydrogens is 280 g/mol. The van der Waals surface area contributed by atoms with E-state index in [0.29, 0.717) is 23.1 Å². The topological polar surface area (TPSA) is 50.8 Å².